The molecule has 2 unspecified atom stereocenters. The van der Waals surface area contributed by atoms with E-state index in [1.807, 2.05) is 0 Å². The minimum atomic E-state index is -0.482. The van der Waals surface area contributed by atoms with Crippen molar-refractivity contribution in [3.05, 3.63) is 12.8 Å². The van der Waals surface area contributed by atoms with Gasteiger partial charge >= 0.3 is 6.03 Å². The predicted molar refractivity (Wildman–Crippen MR) is 79.1 cm³/mol. The van der Waals surface area contributed by atoms with Gasteiger partial charge in [-0.2, -0.15) is 0 Å². The second-order valence-electron chi connectivity index (χ2n) is 6.81. The van der Waals surface area contributed by atoms with Gasteiger partial charge in [-0.25, -0.2) is 19.5 Å². The number of hydrogen-bond acceptors (Lipinski definition) is 4. The molecule has 0 saturated heterocycles. The van der Waals surface area contributed by atoms with Crippen LogP contribution in [0.3, 0.4) is 0 Å². The molecule has 1 fully saturated rings. The third kappa shape index (κ3) is 4.83. The van der Waals surface area contributed by atoms with Crippen LogP contribution in [0.5, 0.6) is 0 Å². The van der Waals surface area contributed by atoms with Crippen molar-refractivity contribution in [3.8, 4) is 0 Å². The fourth-order valence-electron chi connectivity index (χ4n) is 3.50. The van der Waals surface area contributed by atoms with Gasteiger partial charge in [-0.1, -0.05) is 27.4 Å². The predicted octanol–water partition coefficient (Wildman–Crippen LogP) is 2.22. The summed E-state index contributed by atoms with van der Waals surface area (Å²) in [5, 5.41) is 2.85. The Labute approximate surface area is 125 Å². The summed E-state index contributed by atoms with van der Waals surface area (Å²) in [6, 6.07) is -0.556. The molecule has 1 saturated carbocycles. The first kappa shape index (κ1) is 17.1. The molecule has 0 aromatic rings. The largest absolute Gasteiger partial charge is 0.335 e. The Morgan fingerprint density at radius 2 is 2.14 bits per heavy atom. The van der Waals surface area contributed by atoms with Crippen molar-refractivity contribution in [2.75, 3.05) is 6.54 Å². The number of rotatable bonds is 5. The molecule has 0 aromatic carbocycles. The molecule has 6 heteroatoms. The first-order valence-electron chi connectivity index (χ1n) is 6.95. The van der Waals surface area contributed by atoms with E-state index in [0.29, 0.717) is 19.4 Å². The molecular weight excluding hydrogens is 270 g/mol. The number of aliphatic imine (C=N–C) groups is 1. The van der Waals surface area contributed by atoms with Crippen LogP contribution in [0, 0.1) is 10.8 Å². The van der Waals surface area contributed by atoms with E-state index >= 15 is 0 Å². The van der Waals surface area contributed by atoms with Crippen LogP contribution in [-0.2, 0) is 9.59 Å². The summed E-state index contributed by atoms with van der Waals surface area (Å²) in [5.41, 5.74) is -0.152. The Balaban J connectivity index is 2.82. The van der Waals surface area contributed by atoms with Crippen LogP contribution in [0.2, 0.25) is 0 Å². The fraction of sp³-hybridized carbons (Fsp3) is 0.667. The van der Waals surface area contributed by atoms with E-state index < -0.39 is 6.03 Å². The highest BCUT2D eigenvalue weighted by molar-refractivity contribution is 5.86. The van der Waals surface area contributed by atoms with E-state index in [4.69, 9.17) is 0 Å². The first-order chi connectivity index (χ1) is 9.75. The molecule has 0 radical (unpaired) electrons. The minimum Gasteiger partial charge on any atom is -0.335 e. The lowest BCUT2D eigenvalue weighted by Crippen LogP contribution is -2.50. The van der Waals surface area contributed by atoms with Crippen molar-refractivity contribution in [2.24, 2.45) is 15.8 Å². The van der Waals surface area contributed by atoms with Crippen LogP contribution in [-0.4, -0.2) is 36.0 Å². The van der Waals surface area contributed by atoms with E-state index in [9.17, 15) is 14.4 Å². The van der Waals surface area contributed by atoms with Gasteiger partial charge in [0, 0.05) is 12.2 Å². The van der Waals surface area contributed by atoms with Crippen molar-refractivity contribution >= 4 is 18.5 Å². The molecule has 0 aliphatic heterocycles. The highest BCUT2D eigenvalue weighted by atomic mass is 16.2. The number of carbonyl (C=O) groups is 2. The van der Waals surface area contributed by atoms with Gasteiger partial charge in [0.25, 0.3) is 0 Å². The Morgan fingerprint density at radius 1 is 1.48 bits per heavy atom. The third-order valence-electron chi connectivity index (χ3n) is 3.84. The second kappa shape index (κ2) is 6.68. The molecule has 1 aliphatic carbocycles. The summed E-state index contributed by atoms with van der Waals surface area (Å²) in [6.07, 6.45) is 5.60. The van der Waals surface area contributed by atoms with E-state index in [2.05, 4.69) is 37.7 Å². The molecule has 2 atom stereocenters. The maximum atomic E-state index is 11.9. The quantitative estimate of drug-likeness (QED) is 0.479. The zero-order valence-electron chi connectivity index (χ0n) is 12.9. The van der Waals surface area contributed by atoms with E-state index in [-0.39, 0.29) is 16.9 Å². The number of imide groups is 1. The Morgan fingerprint density at radius 3 is 2.67 bits per heavy atom. The number of amides is 3. The fourth-order valence-corrected chi connectivity index (χ4v) is 3.50. The lowest BCUT2D eigenvalue weighted by molar-refractivity contribution is -0.113. The zero-order chi connectivity index (χ0) is 16.1. The topological polar surface area (TPSA) is 78.8 Å². The molecule has 0 bridgehead atoms. The zero-order valence-corrected chi connectivity index (χ0v) is 12.9. The van der Waals surface area contributed by atoms with Crippen molar-refractivity contribution < 1.29 is 14.4 Å². The monoisotopic (exact) mass is 293 g/mol. The van der Waals surface area contributed by atoms with Gasteiger partial charge in [0.15, 0.2) is 0 Å². The molecular formula is C15H23N3O3. The van der Waals surface area contributed by atoms with Crippen molar-refractivity contribution in [1.82, 2.24) is 10.2 Å². The Kier molecular flexibility index (Phi) is 5.44. The molecule has 116 valence electrons. The van der Waals surface area contributed by atoms with Gasteiger partial charge in [0.05, 0.1) is 6.54 Å². The van der Waals surface area contributed by atoms with E-state index in [1.54, 1.807) is 6.08 Å². The van der Waals surface area contributed by atoms with Crippen LogP contribution in [0.25, 0.3) is 0 Å². The number of urea groups is 1. The Bertz CT molecular complexity index is 461. The molecule has 1 aliphatic rings. The second-order valence-corrected chi connectivity index (χ2v) is 6.81. The average Bonchev–Trinajstić information content (AvgIpc) is 2.35. The van der Waals surface area contributed by atoms with E-state index in [1.165, 1.54) is 6.20 Å². The third-order valence-corrected chi connectivity index (χ3v) is 3.84. The summed E-state index contributed by atoms with van der Waals surface area (Å²) >= 11 is 0. The van der Waals surface area contributed by atoms with Crippen LogP contribution in [0.15, 0.2) is 17.8 Å². The number of nitrogens with zero attached hydrogens (tertiary/aromatic N) is 2. The molecule has 0 spiro atoms. The minimum absolute atomic E-state index is 0.0174. The average molecular weight is 293 g/mol. The van der Waals surface area contributed by atoms with Gasteiger partial charge in [-0.15, -0.1) is 0 Å². The first-order valence-corrected chi connectivity index (χ1v) is 6.95. The molecule has 21 heavy (non-hydrogen) atoms. The summed E-state index contributed by atoms with van der Waals surface area (Å²) in [6.45, 7) is 10.1. The number of isocyanates is 1. The summed E-state index contributed by atoms with van der Waals surface area (Å²) in [7, 11) is 0. The molecule has 1 rings (SSSR count). The van der Waals surface area contributed by atoms with Crippen LogP contribution < -0.4 is 5.32 Å². The van der Waals surface area contributed by atoms with Crippen molar-refractivity contribution in [2.45, 2.75) is 46.1 Å². The van der Waals surface area contributed by atoms with Crippen LogP contribution in [0.1, 0.15) is 40.0 Å². The lowest BCUT2D eigenvalue weighted by Gasteiger charge is -2.46. The number of nitrogens with one attached hydrogen (secondary N) is 1. The molecule has 0 aromatic heterocycles. The summed E-state index contributed by atoms with van der Waals surface area (Å²) in [5.74, 6) is 0. The molecule has 0 heterocycles. The van der Waals surface area contributed by atoms with E-state index in [0.717, 1.165) is 17.7 Å². The van der Waals surface area contributed by atoms with Gasteiger partial charge in [0.1, 0.15) is 0 Å². The Hall–Kier alpha value is -1.94. The van der Waals surface area contributed by atoms with Gasteiger partial charge in [0.2, 0.25) is 12.5 Å². The highest BCUT2D eigenvalue weighted by Gasteiger charge is 2.41. The van der Waals surface area contributed by atoms with Gasteiger partial charge in [-0.3, -0.25) is 4.79 Å². The maximum absolute atomic E-state index is 11.9. The lowest BCUT2D eigenvalue weighted by atomic mass is 9.62. The highest BCUT2D eigenvalue weighted by Crippen LogP contribution is 2.46. The number of hydrogen-bond donors (Lipinski definition) is 1. The van der Waals surface area contributed by atoms with Crippen molar-refractivity contribution in [1.29, 1.82) is 0 Å². The molecule has 6 nitrogen and oxygen atoms in total. The van der Waals surface area contributed by atoms with Gasteiger partial charge < -0.3 is 5.32 Å². The smallest absolute Gasteiger partial charge is 0.328 e. The summed E-state index contributed by atoms with van der Waals surface area (Å²) in [4.78, 5) is 37.6. The summed E-state index contributed by atoms with van der Waals surface area (Å²) < 4.78 is 0. The van der Waals surface area contributed by atoms with Crippen molar-refractivity contribution in [3.63, 3.8) is 0 Å². The standard InChI is InChI=1S/C15H23N3O3/c1-5-18(11-20)13(21)17-12-6-14(2,3)8-15(4,7-12)9-16-10-19/h5,11-12H,1,6-9H2,2-4H3,(H,17,21). The number of carbonyl (C=O) groups excluding carboxylic acids is 3. The molecule has 3 amide bonds. The van der Waals surface area contributed by atoms with Crippen LogP contribution >= 0.6 is 0 Å². The SMILES string of the molecule is C=CN(C=O)C(=O)NC1CC(C)(C)CC(C)(CN=C=O)C1. The normalized spacial score (nSPS) is 27.1. The maximum Gasteiger partial charge on any atom is 0.328 e. The van der Waals surface area contributed by atoms with Gasteiger partial charge in [-0.05, 0) is 30.1 Å². The molecule has 1 N–H and O–H groups in total. The van der Waals surface area contributed by atoms with Crippen LogP contribution in [0.4, 0.5) is 4.79 Å².